The van der Waals surface area contributed by atoms with Gasteiger partial charge in [-0.15, -0.1) is 0 Å². The minimum Gasteiger partial charge on any atom is -0.382 e. The molecule has 0 aromatic carbocycles. The van der Waals surface area contributed by atoms with Crippen molar-refractivity contribution in [3.63, 3.8) is 0 Å². The van der Waals surface area contributed by atoms with E-state index in [1.54, 1.807) is 11.8 Å². The van der Waals surface area contributed by atoms with Gasteiger partial charge in [-0.3, -0.25) is 4.68 Å². The van der Waals surface area contributed by atoms with Gasteiger partial charge in [0.25, 0.3) is 0 Å². The summed E-state index contributed by atoms with van der Waals surface area (Å²) in [5.41, 5.74) is 2.07. The Morgan fingerprint density at radius 1 is 1.40 bits per heavy atom. The molecule has 0 saturated carbocycles. The molecule has 0 radical (unpaired) electrons. The summed E-state index contributed by atoms with van der Waals surface area (Å²) in [5, 5.41) is 7.49. The quantitative estimate of drug-likeness (QED) is 0.681. The van der Waals surface area contributed by atoms with E-state index in [1.165, 1.54) is 0 Å². The number of hydrogen-bond donors (Lipinski definition) is 1. The number of nitrogens with one attached hydrogen (secondary N) is 1. The van der Waals surface area contributed by atoms with Crippen molar-refractivity contribution in [2.45, 2.75) is 6.92 Å². The third-order valence-corrected chi connectivity index (χ3v) is 2.01. The van der Waals surface area contributed by atoms with Crippen molar-refractivity contribution >= 4 is 5.69 Å². The lowest BCUT2D eigenvalue weighted by molar-refractivity contribution is 0.0759. The lowest BCUT2D eigenvalue weighted by atomic mass is 10.4. The Bertz CT molecular complexity index is 286. The van der Waals surface area contributed by atoms with Gasteiger partial charge in [0.2, 0.25) is 0 Å². The molecule has 0 amide bonds. The molecule has 1 heterocycles. The molecular formula is C10H19N3O2. The van der Waals surface area contributed by atoms with Crippen LogP contribution in [0.3, 0.4) is 0 Å². The third-order valence-electron chi connectivity index (χ3n) is 2.01. The van der Waals surface area contributed by atoms with Gasteiger partial charge in [0.15, 0.2) is 0 Å². The first-order chi connectivity index (χ1) is 7.24. The van der Waals surface area contributed by atoms with Gasteiger partial charge in [0.05, 0.1) is 31.2 Å². The van der Waals surface area contributed by atoms with E-state index in [9.17, 15) is 0 Å². The summed E-state index contributed by atoms with van der Waals surface area (Å²) in [5.74, 6) is 0. The maximum atomic E-state index is 5.33. The Morgan fingerprint density at radius 3 is 2.80 bits per heavy atom. The Morgan fingerprint density at radius 2 is 2.20 bits per heavy atom. The van der Waals surface area contributed by atoms with E-state index in [-0.39, 0.29) is 0 Å². The van der Waals surface area contributed by atoms with Gasteiger partial charge in [0.1, 0.15) is 0 Å². The molecule has 0 fully saturated rings. The van der Waals surface area contributed by atoms with Gasteiger partial charge in [-0.2, -0.15) is 5.10 Å². The second kappa shape index (κ2) is 6.42. The molecule has 0 bridgehead atoms. The molecule has 0 saturated heterocycles. The van der Waals surface area contributed by atoms with Crippen LogP contribution >= 0.6 is 0 Å². The second-order valence-corrected chi connectivity index (χ2v) is 3.33. The molecule has 0 aliphatic rings. The molecule has 0 aliphatic heterocycles. The summed E-state index contributed by atoms with van der Waals surface area (Å²) in [6.45, 7) is 4.73. The number of nitrogens with zero attached hydrogens (tertiary/aromatic N) is 2. The van der Waals surface area contributed by atoms with Crippen molar-refractivity contribution in [2.24, 2.45) is 7.05 Å². The summed E-state index contributed by atoms with van der Waals surface area (Å²) >= 11 is 0. The Hall–Kier alpha value is -1.07. The van der Waals surface area contributed by atoms with E-state index >= 15 is 0 Å². The van der Waals surface area contributed by atoms with Gasteiger partial charge in [-0.1, -0.05) is 0 Å². The zero-order chi connectivity index (χ0) is 11.1. The lowest BCUT2D eigenvalue weighted by Crippen LogP contribution is -2.12. The fraction of sp³-hybridized carbons (Fsp3) is 0.700. The van der Waals surface area contributed by atoms with Crippen molar-refractivity contribution in [3.8, 4) is 0 Å². The highest BCUT2D eigenvalue weighted by Crippen LogP contribution is 2.10. The number of anilines is 1. The van der Waals surface area contributed by atoms with Gasteiger partial charge >= 0.3 is 0 Å². The summed E-state index contributed by atoms with van der Waals surface area (Å²) in [4.78, 5) is 0. The van der Waals surface area contributed by atoms with Gasteiger partial charge < -0.3 is 14.8 Å². The highest BCUT2D eigenvalue weighted by atomic mass is 16.5. The van der Waals surface area contributed by atoms with Crippen LogP contribution in [0.25, 0.3) is 0 Å². The predicted molar refractivity (Wildman–Crippen MR) is 59.1 cm³/mol. The lowest BCUT2D eigenvalue weighted by Gasteiger charge is -2.05. The molecule has 1 N–H and O–H groups in total. The molecule has 0 unspecified atom stereocenters. The van der Waals surface area contributed by atoms with Crippen molar-refractivity contribution in [2.75, 3.05) is 38.8 Å². The van der Waals surface area contributed by atoms with Crippen molar-refractivity contribution in [1.82, 2.24) is 9.78 Å². The summed E-state index contributed by atoms with van der Waals surface area (Å²) in [7, 11) is 3.58. The Labute approximate surface area is 90.4 Å². The SMILES string of the molecule is COCCOCCNc1cn(C)nc1C. The predicted octanol–water partition coefficient (Wildman–Crippen LogP) is 0.803. The average Bonchev–Trinajstić information content (AvgIpc) is 2.51. The van der Waals surface area contributed by atoms with Crippen LogP contribution in [0.5, 0.6) is 0 Å². The number of aryl methyl sites for hydroxylation is 2. The maximum absolute atomic E-state index is 5.33. The summed E-state index contributed by atoms with van der Waals surface area (Å²) in [6.07, 6.45) is 1.96. The van der Waals surface area contributed by atoms with E-state index in [1.807, 2.05) is 20.2 Å². The normalized spacial score (nSPS) is 10.6. The van der Waals surface area contributed by atoms with E-state index in [4.69, 9.17) is 9.47 Å². The van der Waals surface area contributed by atoms with Crippen LogP contribution in [0.4, 0.5) is 5.69 Å². The van der Waals surface area contributed by atoms with Crippen LogP contribution in [0, 0.1) is 6.92 Å². The molecule has 1 aromatic heterocycles. The van der Waals surface area contributed by atoms with Crippen LogP contribution in [-0.2, 0) is 16.5 Å². The Balaban J connectivity index is 2.12. The van der Waals surface area contributed by atoms with Crippen LogP contribution in [0.2, 0.25) is 0 Å². The van der Waals surface area contributed by atoms with Crippen LogP contribution in [0.1, 0.15) is 5.69 Å². The summed E-state index contributed by atoms with van der Waals surface area (Å²) in [6, 6.07) is 0. The number of methoxy groups -OCH3 is 1. The van der Waals surface area contributed by atoms with Gasteiger partial charge in [-0.25, -0.2) is 0 Å². The van der Waals surface area contributed by atoms with E-state index in [0.717, 1.165) is 17.9 Å². The molecule has 86 valence electrons. The van der Waals surface area contributed by atoms with Gasteiger partial charge in [0, 0.05) is 26.9 Å². The largest absolute Gasteiger partial charge is 0.382 e. The Kier molecular flexibility index (Phi) is 5.14. The number of hydrogen-bond acceptors (Lipinski definition) is 4. The van der Waals surface area contributed by atoms with E-state index < -0.39 is 0 Å². The molecular weight excluding hydrogens is 194 g/mol. The third kappa shape index (κ3) is 4.31. The molecule has 5 heteroatoms. The number of rotatable bonds is 7. The van der Waals surface area contributed by atoms with Crippen molar-refractivity contribution in [3.05, 3.63) is 11.9 Å². The monoisotopic (exact) mass is 213 g/mol. The first-order valence-electron chi connectivity index (χ1n) is 5.05. The first-order valence-corrected chi connectivity index (χ1v) is 5.05. The molecule has 0 atom stereocenters. The molecule has 0 spiro atoms. The minimum atomic E-state index is 0.643. The molecule has 1 rings (SSSR count). The number of aromatic nitrogens is 2. The number of ether oxygens (including phenoxy) is 2. The zero-order valence-electron chi connectivity index (χ0n) is 9.62. The fourth-order valence-electron chi connectivity index (χ4n) is 1.28. The smallest absolute Gasteiger partial charge is 0.0824 e. The standard InChI is InChI=1S/C10H19N3O2/c1-9-10(8-13(2)12-9)11-4-5-15-7-6-14-3/h8,11H,4-7H2,1-3H3. The van der Waals surface area contributed by atoms with E-state index in [2.05, 4.69) is 10.4 Å². The highest BCUT2D eigenvalue weighted by molar-refractivity contribution is 5.45. The van der Waals surface area contributed by atoms with Crippen LogP contribution in [0.15, 0.2) is 6.20 Å². The highest BCUT2D eigenvalue weighted by Gasteiger charge is 2.00. The van der Waals surface area contributed by atoms with E-state index in [0.29, 0.717) is 19.8 Å². The zero-order valence-corrected chi connectivity index (χ0v) is 9.62. The molecule has 0 aliphatic carbocycles. The maximum Gasteiger partial charge on any atom is 0.0824 e. The topological polar surface area (TPSA) is 48.3 Å². The van der Waals surface area contributed by atoms with Gasteiger partial charge in [-0.05, 0) is 6.92 Å². The average molecular weight is 213 g/mol. The summed E-state index contributed by atoms with van der Waals surface area (Å²) < 4.78 is 12.0. The second-order valence-electron chi connectivity index (χ2n) is 3.33. The van der Waals surface area contributed by atoms with Crippen molar-refractivity contribution in [1.29, 1.82) is 0 Å². The molecule has 1 aromatic rings. The fourth-order valence-corrected chi connectivity index (χ4v) is 1.28. The van der Waals surface area contributed by atoms with Crippen LogP contribution in [-0.4, -0.2) is 43.3 Å². The first kappa shape index (κ1) is 12.0. The van der Waals surface area contributed by atoms with Crippen molar-refractivity contribution < 1.29 is 9.47 Å². The minimum absolute atomic E-state index is 0.643. The molecule has 5 nitrogen and oxygen atoms in total. The van der Waals surface area contributed by atoms with Crippen LogP contribution < -0.4 is 5.32 Å². The molecule has 15 heavy (non-hydrogen) atoms.